The Morgan fingerprint density at radius 3 is 2.62 bits per heavy atom. The highest BCUT2D eigenvalue weighted by atomic mass is 16.5. The molecule has 0 radical (unpaired) electrons. The second-order valence-electron chi connectivity index (χ2n) is 5.07. The number of amides is 1. The predicted octanol–water partition coefficient (Wildman–Crippen LogP) is 2.51. The van der Waals surface area contributed by atoms with Crippen LogP contribution < -0.4 is 10.1 Å². The summed E-state index contributed by atoms with van der Waals surface area (Å²) in [4.78, 5) is 28.0. The zero-order valence-electron chi connectivity index (χ0n) is 13.7. The van der Waals surface area contributed by atoms with E-state index < -0.39 is 5.97 Å². The molecular weight excluding hydrogens is 308 g/mol. The van der Waals surface area contributed by atoms with Crippen molar-refractivity contribution in [1.29, 1.82) is 0 Å². The van der Waals surface area contributed by atoms with E-state index in [4.69, 9.17) is 9.47 Å². The lowest BCUT2D eigenvalue weighted by atomic mass is 10.1. The first-order chi connectivity index (χ1) is 11.6. The summed E-state index contributed by atoms with van der Waals surface area (Å²) in [5.74, 6) is -0.821. The van der Waals surface area contributed by atoms with Crippen LogP contribution in [0.25, 0.3) is 0 Å². The third-order valence-electron chi connectivity index (χ3n) is 3.28. The summed E-state index contributed by atoms with van der Waals surface area (Å²) in [6.45, 7) is 3.68. The van der Waals surface area contributed by atoms with Crippen molar-refractivity contribution >= 4 is 11.9 Å². The Kier molecular flexibility index (Phi) is 6.31. The van der Waals surface area contributed by atoms with Crippen LogP contribution in [0.2, 0.25) is 0 Å². The van der Waals surface area contributed by atoms with Gasteiger partial charge in [-0.1, -0.05) is 30.3 Å². The van der Waals surface area contributed by atoms with Crippen molar-refractivity contribution in [3.63, 3.8) is 0 Å². The predicted molar refractivity (Wildman–Crippen MR) is 88.7 cm³/mol. The van der Waals surface area contributed by atoms with Crippen molar-refractivity contribution < 1.29 is 19.1 Å². The molecule has 1 heterocycles. The number of nitrogens with one attached hydrogen (secondary N) is 1. The molecule has 0 saturated heterocycles. The van der Waals surface area contributed by atoms with Gasteiger partial charge in [0.05, 0.1) is 12.6 Å². The fourth-order valence-corrected chi connectivity index (χ4v) is 2.11. The molecule has 2 rings (SSSR count). The van der Waals surface area contributed by atoms with Crippen molar-refractivity contribution in [2.24, 2.45) is 0 Å². The van der Waals surface area contributed by atoms with E-state index in [1.165, 1.54) is 6.20 Å². The number of aromatic nitrogens is 1. The maximum atomic E-state index is 12.1. The smallest absolute Gasteiger partial charge is 0.344 e. The molecule has 0 unspecified atom stereocenters. The van der Waals surface area contributed by atoms with Crippen molar-refractivity contribution in [3.8, 4) is 5.88 Å². The van der Waals surface area contributed by atoms with Gasteiger partial charge in [0.25, 0.3) is 5.91 Å². The lowest BCUT2D eigenvalue weighted by Gasteiger charge is -2.14. The van der Waals surface area contributed by atoms with E-state index >= 15 is 0 Å². The van der Waals surface area contributed by atoms with E-state index in [1.807, 2.05) is 37.3 Å². The van der Waals surface area contributed by atoms with Crippen LogP contribution in [0.15, 0.2) is 48.7 Å². The van der Waals surface area contributed by atoms with Gasteiger partial charge in [0, 0.05) is 6.20 Å². The maximum absolute atomic E-state index is 12.1. The Morgan fingerprint density at radius 1 is 1.17 bits per heavy atom. The summed E-state index contributed by atoms with van der Waals surface area (Å²) < 4.78 is 10.3. The van der Waals surface area contributed by atoms with Crippen molar-refractivity contribution in [3.05, 3.63) is 59.8 Å². The summed E-state index contributed by atoms with van der Waals surface area (Å²) in [7, 11) is 0. The molecular formula is C18H20N2O4. The zero-order chi connectivity index (χ0) is 17.4. The van der Waals surface area contributed by atoms with Gasteiger partial charge >= 0.3 is 5.97 Å². The van der Waals surface area contributed by atoms with Gasteiger partial charge in [0.15, 0.2) is 6.61 Å². The fraction of sp³-hybridized carbons (Fsp3) is 0.278. The molecule has 0 fully saturated rings. The molecule has 1 aromatic heterocycles. The molecule has 24 heavy (non-hydrogen) atoms. The molecule has 2 aromatic rings. The molecule has 0 saturated carbocycles. The zero-order valence-corrected chi connectivity index (χ0v) is 13.7. The minimum atomic E-state index is -0.644. The summed E-state index contributed by atoms with van der Waals surface area (Å²) in [5.41, 5.74) is 1.17. The Labute approximate surface area is 140 Å². The lowest BCUT2D eigenvalue weighted by Crippen LogP contribution is -2.31. The van der Waals surface area contributed by atoms with E-state index in [0.29, 0.717) is 6.61 Å². The van der Waals surface area contributed by atoms with E-state index in [-0.39, 0.29) is 30.0 Å². The van der Waals surface area contributed by atoms with Crippen LogP contribution in [0.1, 0.15) is 35.8 Å². The van der Waals surface area contributed by atoms with E-state index in [0.717, 1.165) is 5.56 Å². The Morgan fingerprint density at radius 2 is 1.92 bits per heavy atom. The number of hydrogen-bond donors (Lipinski definition) is 1. The standard InChI is InChI=1S/C18H20N2O4/c1-3-23-17-15(10-7-11-19-17)18(22)24-12-16(21)20-13(2)14-8-5-4-6-9-14/h4-11,13H,3,12H2,1-2H3,(H,20,21)/t13-/m1/s1. The number of benzene rings is 1. The second kappa shape index (κ2) is 8.67. The van der Waals surface area contributed by atoms with Gasteiger partial charge in [0.2, 0.25) is 5.88 Å². The highest BCUT2D eigenvalue weighted by Crippen LogP contribution is 2.15. The number of carbonyl (C=O) groups is 2. The van der Waals surface area contributed by atoms with E-state index in [1.54, 1.807) is 19.1 Å². The molecule has 0 bridgehead atoms. The number of nitrogens with zero attached hydrogens (tertiary/aromatic N) is 1. The largest absolute Gasteiger partial charge is 0.477 e. The van der Waals surface area contributed by atoms with Gasteiger partial charge in [-0.05, 0) is 31.5 Å². The van der Waals surface area contributed by atoms with Crippen LogP contribution in [-0.2, 0) is 9.53 Å². The minimum absolute atomic E-state index is 0.172. The number of pyridine rings is 1. The number of rotatable bonds is 7. The van der Waals surface area contributed by atoms with Crippen molar-refractivity contribution in [1.82, 2.24) is 10.3 Å². The van der Waals surface area contributed by atoms with Crippen molar-refractivity contribution in [2.75, 3.05) is 13.2 Å². The third kappa shape index (κ3) is 4.81. The Balaban J connectivity index is 1.89. The van der Waals surface area contributed by atoms with Crippen LogP contribution in [-0.4, -0.2) is 30.1 Å². The van der Waals surface area contributed by atoms with Gasteiger partial charge in [-0.3, -0.25) is 4.79 Å². The molecule has 0 aliphatic heterocycles. The van der Waals surface area contributed by atoms with Crippen molar-refractivity contribution in [2.45, 2.75) is 19.9 Å². The third-order valence-corrected chi connectivity index (χ3v) is 3.28. The summed E-state index contributed by atoms with van der Waals surface area (Å²) in [6, 6.07) is 12.5. The maximum Gasteiger partial charge on any atom is 0.344 e. The van der Waals surface area contributed by atoms with Gasteiger partial charge in [-0.2, -0.15) is 0 Å². The van der Waals surface area contributed by atoms with Gasteiger partial charge in [0.1, 0.15) is 5.56 Å². The Hall–Kier alpha value is -2.89. The van der Waals surface area contributed by atoms with Crippen LogP contribution in [0.4, 0.5) is 0 Å². The van der Waals surface area contributed by atoms with Gasteiger partial charge < -0.3 is 14.8 Å². The average Bonchev–Trinajstić information content (AvgIpc) is 2.61. The molecule has 0 aliphatic carbocycles. The minimum Gasteiger partial charge on any atom is -0.477 e. The van der Waals surface area contributed by atoms with E-state index in [2.05, 4.69) is 10.3 Å². The summed E-state index contributed by atoms with van der Waals surface area (Å²) in [6.07, 6.45) is 1.52. The number of hydrogen-bond acceptors (Lipinski definition) is 5. The molecule has 6 heteroatoms. The Bertz CT molecular complexity index is 688. The molecule has 6 nitrogen and oxygen atoms in total. The molecule has 1 aromatic carbocycles. The highest BCUT2D eigenvalue weighted by molar-refractivity contribution is 5.93. The van der Waals surface area contributed by atoms with Crippen LogP contribution >= 0.6 is 0 Å². The highest BCUT2D eigenvalue weighted by Gasteiger charge is 2.17. The molecule has 1 atom stereocenters. The molecule has 1 amide bonds. The summed E-state index contributed by atoms with van der Waals surface area (Å²) >= 11 is 0. The quantitative estimate of drug-likeness (QED) is 0.790. The van der Waals surface area contributed by atoms with Gasteiger partial charge in [-0.25, -0.2) is 9.78 Å². The topological polar surface area (TPSA) is 77.5 Å². The number of ether oxygens (including phenoxy) is 2. The number of esters is 1. The second-order valence-corrected chi connectivity index (χ2v) is 5.07. The van der Waals surface area contributed by atoms with Gasteiger partial charge in [-0.15, -0.1) is 0 Å². The lowest BCUT2D eigenvalue weighted by molar-refractivity contribution is -0.124. The molecule has 1 N–H and O–H groups in total. The fourth-order valence-electron chi connectivity index (χ4n) is 2.11. The molecule has 0 spiro atoms. The monoisotopic (exact) mass is 328 g/mol. The van der Waals surface area contributed by atoms with E-state index in [9.17, 15) is 9.59 Å². The SMILES string of the molecule is CCOc1ncccc1C(=O)OCC(=O)N[C@H](C)c1ccccc1. The van der Waals surface area contributed by atoms with Crippen LogP contribution in [0.3, 0.4) is 0 Å². The first kappa shape index (κ1) is 17.5. The number of carbonyl (C=O) groups excluding carboxylic acids is 2. The van der Waals surface area contributed by atoms with Crippen LogP contribution in [0, 0.1) is 0 Å². The normalized spacial score (nSPS) is 11.4. The molecule has 126 valence electrons. The summed E-state index contributed by atoms with van der Waals surface area (Å²) in [5, 5.41) is 2.78. The van der Waals surface area contributed by atoms with Crippen LogP contribution in [0.5, 0.6) is 5.88 Å². The average molecular weight is 328 g/mol. The first-order valence-electron chi connectivity index (χ1n) is 7.71. The first-order valence-corrected chi connectivity index (χ1v) is 7.71. The molecule has 0 aliphatic rings.